The number of aliphatic hydroxyl groups excluding tert-OH is 1. The number of hydrogen-bond donors (Lipinski definition) is 3. The zero-order valence-electron chi connectivity index (χ0n) is 9.71. The predicted molar refractivity (Wildman–Crippen MR) is 61.8 cm³/mol. The number of aliphatic hydroxyl groups is 1. The summed E-state index contributed by atoms with van der Waals surface area (Å²) >= 11 is 0. The third kappa shape index (κ3) is 2.71. The van der Waals surface area contributed by atoms with Gasteiger partial charge in [0.15, 0.2) is 0 Å². The SMILES string of the molecule is C[C@H](CO)NC1CCCC1C1CCCN1. The third-order valence-electron chi connectivity index (χ3n) is 3.96. The standard InChI is InChI=1S/C12H24N2O/c1-9(8-15)14-12-5-2-4-10(12)11-6-3-7-13-11/h9-15H,2-8H2,1H3/t9-,10?,11?,12?/m1/s1. The Hall–Kier alpha value is -0.120. The van der Waals surface area contributed by atoms with Crippen LogP contribution >= 0.6 is 0 Å². The van der Waals surface area contributed by atoms with Crippen molar-refractivity contribution in [3.63, 3.8) is 0 Å². The minimum absolute atomic E-state index is 0.247. The molecule has 2 fully saturated rings. The van der Waals surface area contributed by atoms with Gasteiger partial charge in [0.05, 0.1) is 6.61 Å². The van der Waals surface area contributed by atoms with Crippen LogP contribution in [0.3, 0.4) is 0 Å². The highest BCUT2D eigenvalue weighted by atomic mass is 16.3. The van der Waals surface area contributed by atoms with E-state index in [0.29, 0.717) is 6.04 Å². The van der Waals surface area contributed by atoms with Crippen LogP contribution in [0.15, 0.2) is 0 Å². The molecule has 3 heteroatoms. The molecule has 1 heterocycles. The molecule has 1 aliphatic carbocycles. The fourth-order valence-corrected chi connectivity index (χ4v) is 3.17. The van der Waals surface area contributed by atoms with Crippen molar-refractivity contribution < 1.29 is 5.11 Å². The zero-order chi connectivity index (χ0) is 10.7. The first-order valence-electron chi connectivity index (χ1n) is 6.41. The van der Waals surface area contributed by atoms with Crippen LogP contribution in [0.25, 0.3) is 0 Å². The Balaban J connectivity index is 1.86. The van der Waals surface area contributed by atoms with Gasteiger partial charge in [0, 0.05) is 18.1 Å². The fourth-order valence-electron chi connectivity index (χ4n) is 3.17. The highest BCUT2D eigenvalue weighted by Crippen LogP contribution is 2.32. The zero-order valence-corrected chi connectivity index (χ0v) is 9.71. The molecule has 1 saturated carbocycles. The molecule has 0 aromatic heterocycles. The molecule has 1 aliphatic heterocycles. The number of nitrogens with one attached hydrogen (secondary N) is 2. The van der Waals surface area contributed by atoms with Crippen molar-refractivity contribution in [1.29, 1.82) is 0 Å². The molecule has 0 bridgehead atoms. The van der Waals surface area contributed by atoms with E-state index in [4.69, 9.17) is 5.11 Å². The summed E-state index contributed by atoms with van der Waals surface area (Å²) in [5, 5.41) is 16.3. The van der Waals surface area contributed by atoms with Crippen LogP contribution in [0.1, 0.15) is 39.0 Å². The van der Waals surface area contributed by atoms with Gasteiger partial charge in [-0.2, -0.15) is 0 Å². The number of rotatable bonds is 4. The second kappa shape index (κ2) is 5.28. The Morgan fingerprint density at radius 2 is 2.20 bits per heavy atom. The van der Waals surface area contributed by atoms with Gasteiger partial charge in [-0.25, -0.2) is 0 Å². The molecule has 0 radical (unpaired) electrons. The van der Waals surface area contributed by atoms with Gasteiger partial charge >= 0.3 is 0 Å². The van der Waals surface area contributed by atoms with Crippen LogP contribution < -0.4 is 10.6 Å². The molecular formula is C12H24N2O. The lowest BCUT2D eigenvalue weighted by Gasteiger charge is -2.28. The molecule has 3 nitrogen and oxygen atoms in total. The maximum Gasteiger partial charge on any atom is 0.0582 e. The van der Waals surface area contributed by atoms with Crippen molar-refractivity contribution in [2.24, 2.45) is 5.92 Å². The van der Waals surface area contributed by atoms with Crippen molar-refractivity contribution >= 4 is 0 Å². The van der Waals surface area contributed by atoms with Gasteiger partial charge < -0.3 is 15.7 Å². The van der Waals surface area contributed by atoms with E-state index >= 15 is 0 Å². The van der Waals surface area contributed by atoms with E-state index in [1.54, 1.807) is 0 Å². The summed E-state index contributed by atoms with van der Waals surface area (Å²) in [7, 11) is 0. The smallest absolute Gasteiger partial charge is 0.0582 e. The van der Waals surface area contributed by atoms with E-state index in [1.807, 2.05) is 0 Å². The average molecular weight is 212 g/mol. The van der Waals surface area contributed by atoms with Crippen molar-refractivity contribution in [3.05, 3.63) is 0 Å². The van der Waals surface area contributed by atoms with Gasteiger partial charge in [-0.15, -0.1) is 0 Å². The van der Waals surface area contributed by atoms with Crippen molar-refractivity contribution in [2.75, 3.05) is 13.2 Å². The molecule has 0 aromatic rings. The molecule has 0 aromatic carbocycles. The Labute approximate surface area is 92.6 Å². The fraction of sp³-hybridized carbons (Fsp3) is 1.00. The van der Waals surface area contributed by atoms with E-state index in [2.05, 4.69) is 17.6 Å². The summed E-state index contributed by atoms with van der Waals surface area (Å²) in [6, 6.07) is 1.61. The van der Waals surface area contributed by atoms with Crippen LogP contribution in [0.5, 0.6) is 0 Å². The second-order valence-corrected chi connectivity index (χ2v) is 5.15. The summed E-state index contributed by atoms with van der Waals surface area (Å²) < 4.78 is 0. The minimum Gasteiger partial charge on any atom is -0.395 e. The summed E-state index contributed by atoms with van der Waals surface area (Å²) in [5.41, 5.74) is 0. The van der Waals surface area contributed by atoms with Gasteiger partial charge in [-0.1, -0.05) is 6.42 Å². The van der Waals surface area contributed by atoms with Gasteiger partial charge in [-0.3, -0.25) is 0 Å². The van der Waals surface area contributed by atoms with E-state index in [-0.39, 0.29) is 12.6 Å². The third-order valence-corrected chi connectivity index (χ3v) is 3.96. The second-order valence-electron chi connectivity index (χ2n) is 5.15. The lowest BCUT2D eigenvalue weighted by atomic mass is 9.93. The molecule has 88 valence electrons. The Kier molecular flexibility index (Phi) is 4.00. The van der Waals surface area contributed by atoms with E-state index < -0.39 is 0 Å². The Morgan fingerprint density at radius 1 is 1.33 bits per heavy atom. The van der Waals surface area contributed by atoms with Gasteiger partial charge in [0.2, 0.25) is 0 Å². The molecule has 15 heavy (non-hydrogen) atoms. The molecule has 0 spiro atoms. The topological polar surface area (TPSA) is 44.3 Å². The van der Waals surface area contributed by atoms with Crippen LogP contribution in [0.2, 0.25) is 0 Å². The first-order valence-corrected chi connectivity index (χ1v) is 6.41. The summed E-state index contributed by atoms with van der Waals surface area (Å²) in [6.07, 6.45) is 6.67. The molecular weight excluding hydrogens is 188 g/mol. The monoisotopic (exact) mass is 212 g/mol. The van der Waals surface area contributed by atoms with Crippen molar-refractivity contribution in [1.82, 2.24) is 10.6 Å². The predicted octanol–water partition coefficient (Wildman–Crippen LogP) is 0.877. The van der Waals surface area contributed by atoms with Crippen LogP contribution in [0.4, 0.5) is 0 Å². The molecule has 4 atom stereocenters. The van der Waals surface area contributed by atoms with E-state index in [0.717, 1.165) is 12.0 Å². The molecule has 2 aliphatic rings. The molecule has 3 unspecified atom stereocenters. The maximum atomic E-state index is 9.07. The van der Waals surface area contributed by atoms with Crippen molar-refractivity contribution in [2.45, 2.75) is 57.2 Å². The number of hydrogen-bond acceptors (Lipinski definition) is 3. The Morgan fingerprint density at radius 3 is 2.87 bits per heavy atom. The minimum atomic E-state index is 0.247. The van der Waals surface area contributed by atoms with E-state index in [1.165, 1.54) is 38.6 Å². The molecule has 0 amide bonds. The molecule has 2 rings (SSSR count). The van der Waals surface area contributed by atoms with Gasteiger partial charge in [0.25, 0.3) is 0 Å². The largest absolute Gasteiger partial charge is 0.395 e. The first kappa shape index (κ1) is 11.4. The maximum absolute atomic E-state index is 9.07. The lowest BCUT2D eigenvalue weighted by molar-refractivity contribution is 0.220. The summed E-state index contributed by atoms with van der Waals surface area (Å²) in [5.74, 6) is 0.793. The highest BCUT2D eigenvalue weighted by molar-refractivity contribution is 4.93. The normalized spacial score (nSPS) is 38.4. The van der Waals surface area contributed by atoms with Crippen LogP contribution in [0, 0.1) is 5.92 Å². The quantitative estimate of drug-likeness (QED) is 0.648. The average Bonchev–Trinajstić information content (AvgIpc) is 2.86. The lowest BCUT2D eigenvalue weighted by Crippen LogP contribution is -2.46. The van der Waals surface area contributed by atoms with E-state index in [9.17, 15) is 0 Å². The highest BCUT2D eigenvalue weighted by Gasteiger charge is 2.35. The summed E-state index contributed by atoms with van der Waals surface area (Å²) in [4.78, 5) is 0. The van der Waals surface area contributed by atoms with Gasteiger partial charge in [-0.05, 0) is 45.1 Å². The summed E-state index contributed by atoms with van der Waals surface area (Å²) in [6.45, 7) is 3.52. The molecule has 1 saturated heterocycles. The first-order chi connectivity index (χ1) is 7.31. The van der Waals surface area contributed by atoms with Gasteiger partial charge in [0.1, 0.15) is 0 Å². The van der Waals surface area contributed by atoms with Crippen LogP contribution in [-0.2, 0) is 0 Å². The van der Waals surface area contributed by atoms with Crippen molar-refractivity contribution in [3.8, 4) is 0 Å². The molecule has 3 N–H and O–H groups in total. The van der Waals surface area contributed by atoms with Crippen LogP contribution in [-0.4, -0.2) is 36.4 Å². The Bertz CT molecular complexity index is 192.